The summed E-state index contributed by atoms with van der Waals surface area (Å²) in [6, 6.07) is -2.27. The second kappa shape index (κ2) is 14.7. The van der Waals surface area contributed by atoms with Crippen LogP contribution in [0.25, 0.3) is 0 Å². The number of sulfone groups is 1. The van der Waals surface area contributed by atoms with Gasteiger partial charge in [-0.25, -0.2) is 13.2 Å². The Morgan fingerprint density at radius 1 is 0.922 bits per heavy atom. The number of urea groups is 1. The Morgan fingerprint density at radius 3 is 2.12 bits per heavy atom. The number of hydrogen-bond acceptors (Lipinski definition) is 7. The fraction of sp³-hybridized carbons (Fsp3) is 0.825. The topological polar surface area (TPSA) is 147 Å². The van der Waals surface area contributed by atoms with Crippen molar-refractivity contribution >= 4 is 39.1 Å². The molecule has 286 valence electrons. The predicted molar refractivity (Wildman–Crippen MR) is 198 cm³/mol. The Hall–Kier alpha value is -2.56. The fourth-order valence-corrected chi connectivity index (χ4v) is 10.8. The first-order valence-electron chi connectivity index (χ1n) is 19.5. The van der Waals surface area contributed by atoms with E-state index in [1.165, 1.54) is 0 Å². The number of hydrogen-bond donors (Lipinski definition) is 2. The maximum absolute atomic E-state index is 14.8. The molecule has 0 aromatic heterocycles. The van der Waals surface area contributed by atoms with E-state index in [0.29, 0.717) is 38.1 Å². The van der Waals surface area contributed by atoms with E-state index in [1.807, 2.05) is 20.8 Å². The van der Waals surface area contributed by atoms with Crippen LogP contribution in [0.3, 0.4) is 0 Å². The Labute approximate surface area is 306 Å². The lowest BCUT2D eigenvalue weighted by atomic mass is 9.81. The molecule has 5 fully saturated rings. The van der Waals surface area contributed by atoms with Gasteiger partial charge in [-0.1, -0.05) is 59.0 Å². The number of Topliss-reactive ketones (excluding diaryl/α,β-unsaturated/α-hetero) is 3. The largest absolute Gasteiger partial charge is 0.332 e. The molecule has 10 nitrogen and oxygen atoms in total. The van der Waals surface area contributed by atoms with Crippen LogP contribution in [0.4, 0.5) is 4.79 Å². The van der Waals surface area contributed by atoms with Crippen LogP contribution < -0.4 is 10.6 Å². The van der Waals surface area contributed by atoms with Gasteiger partial charge in [-0.2, -0.15) is 0 Å². The maximum atomic E-state index is 14.8. The van der Waals surface area contributed by atoms with Crippen molar-refractivity contribution in [2.24, 2.45) is 34.5 Å². The van der Waals surface area contributed by atoms with Crippen LogP contribution >= 0.6 is 0 Å². The summed E-state index contributed by atoms with van der Waals surface area (Å²) >= 11 is 0. The molecule has 4 saturated carbocycles. The molecule has 2 N–H and O–H groups in total. The van der Waals surface area contributed by atoms with Gasteiger partial charge in [0.25, 0.3) is 0 Å². The van der Waals surface area contributed by atoms with Crippen molar-refractivity contribution < 1.29 is 32.4 Å². The molecule has 4 aliphatic carbocycles. The van der Waals surface area contributed by atoms with Crippen molar-refractivity contribution in [1.82, 2.24) is 15.5 Å². The van der Waals surface area contributed by atoms with Crippen LogP contribution in [0.5, 0.6) is 0 Å². The number of carbonyl (C=O) groups excluding carboxylic acids is 5. The number of ketones is 3. The molecule has 1 spiro atoms. The summed E-state index contributed by atoms with van der Waals surface area (Å²) in [6.45, 7) is 14.8. The minimum atomic E-state index is -3.55. The highest BCUT2D eigenvalue weighted by atomic mass is 32.2. The lowest BCUT2D eigenvalue weighted by Gasteiger charge is -2.41. The van der Waals surface area contributed by atoms with Gasteiger partial charge in [0.1, 0.15) is 6.04 Å². The number of likely N-dealkylation sites (tertiary alicyclic amines) is 1. The molecule has 0 bridgehead atoms. The van der Waals surface area contributed by atoms with E-state index in [2.05, 4.69) is 17.2 Å². The predicted octanol–water partition coefficient (Wildman–Crippen LogP) is 6.11. The molecule has 11 heteroatoms. The average Bonchev–Trinajstić information content (AvgIpc) is 3.95. The van der Waals surface area contributed by atoms with Crippen LogP contribution in [0.1, 0.15) is 138 Å². The monoisotopic (exact) mass is 729 g/mol. The van der Waals surface area contributed by atoms with Gasteiger partial charge in [0, 0.05) is 25.3 Å². The third-order valence-electron chi connectivity index (χ3n) is 12.9. The van der Waals surface area contributed by atoms with Crippen molar-refractivity contribution in [2.45, 2.75) is 160 Å². The standard InChI is InChI=1S/C40H63N3O7S/c1-8-9-13-30(44)33(46)27(22-26-14-15-26)23-31(45)32-28-16-19-39(20-21-39)29(28)24-43(32)35(47)34(37(2,3)4)41-36(48)42-40(17-11-10-12-18-40)25-51(49,50)38(5,6)7/h8,26-29,32,34H,1,9-25H2,2-7H3,(H2,41,42,48)/t27?,28-,29-,32-,34+/m0/s1. The van der Waals surface area contributed by atoms with Gasteiger partial charge in [0.15, 0.2) is 21.4 Å². The second-order valence-corrected chi connectivity index (χ2v) is 21.6. The normalized spacial score (nSPS) is 26.5. The zero-order valence-corrected chi connectivity index (χ0v) is 32.8. The second-order valence-electron chi connectivity index (χ2n) is 18.9. The van der Waals surface area contributed by atoms with Crippen LogP contribution in [-0.2, 0) is 29.0 Å². The third kappa shape index (κ3) is 8.81. The minimum Gasteiger partial charge on any atom is -0.332 e. The smallest absolute Gasteiger partial charge is 0.315 e. The molecular formula is C40H63N3O7S. The van der Waals surface area contributed by atoms with Crippen molar-refractivity contribution in [3.05, 3.63) is 12.7 Å². The van der Waals surface area contributed by atoms with Gasteiger partial charge < -0.3 is 15.5 Å². The third-order valence-corrected chi connectivity index (χ3v) is 15.7. The molecule has 51 heavy (non-hydrogen) atoms. The molecule has 5 aliphatic rings. The zero-order valence-electron chi connectivity index (χ0n) is 32.0. The molecule has 1 aliphatic heterocycles. The Balaban J connectivity index is 1.38. The molecular weight excluding hydrogens is 667 g/mol. The summed E-state index contributed by atoms with van der Waals surface area (Å²) in [6.07, 6.45) is 12.2. The molecule has 0 radical (unpaired) electrons. The summed E-state index contributed by atoms with van der Waals surface area (Å²) in [7, 11) is -3.55. The van der Waals surface area contributed by atoms with Gasteiger partial charge in [-0.3, -0.25) is 19.2 Å². The number of rotatable bonds is 15. The van der Waals surface area contributed by atoms with E-state index < -0.39 is 61.1 Å². The maximum Gasteiger partial charge on any atom is 0.315 e. The summed E-state index contributed by atoms with van der Waals surface area (Å²) in [5, 5.41) is 6.02. The molecule has 5 rings (SSSR count). The quantitative estimate of drug-likeness (QED) is 0.153. The Bertz CT molecular complexity index is 1490. The Morgan fingerprint density at radius 2 is 1.57 bits per heavy atom. The fourth-order valence-electron chi connectivity index (χ4n) is 9.30. The number of allylic oxidation sites excluding steroid dienone is 1. The van der Waals surface area contributed by atoms with E-state index >= 15 is 0 Å². The van der Waals surface area contributed by atoms with E-state index in [0.717, 1.165) is 57.8 Å². The highest BCUT2D eigenvalue weighted by Gasteiger charge is 2.64. The van der Waals surface area contributed by atoms with Crippen molar-refractivity contribution in [3.8, 4) is 0 Å². The molecule has 1 heterocycles. The first-order valence-corrected chi connectivity index (χ1v) is 21.2. The van der Waals surface area contributed by atoms with Crippen molar-refractivity contribution in [1.29, 1.82) is 0 Å². The van der Waals surface area contributed by atoms with E-state index in [4.69, 9.17) is 0 Å². The van der Waals surface area contributed by atoms with Gasteiger partial charge >= 0.3 is 6.03 Å². The minimum absolute atomic E-state index is 0.0142. The number of carbonyl (C=O) groups is 5. The van der Waals surface area contributed by atoms with E-state index in [9.17, 15) is 32.4 Å². The van der Waals surface area contributed by atoms with Crippen LogP contribution in [0, 0.1) is 34.5 Å². The lowest BCUT2D eigenvalue weighted by molar-refractivity contribution is -0.144. The molecule has 0 aromatic carbocycles. The molecule has 3 amide bonds. The number of fused-ring (bicyclic) bond motifs is 2. The Kier molecular flexibility index (Phi) is 11.4. The van der Waals surface area contributed by atoms with Crippen LogP contribution in [0.2, 0.25) is 0 Å². The highest BCUT2D eigenvalue weighted by molar-refractivity contribution is 7.92. The van der Waals surface area contributed by atoms with Crippen LogP contribution in [0.15, 0.2) is 12.7 Å². The summed E-state index contributed by atoms with van der Waals surface area (Å²) in [5.41, 5.74) is -1.51. The van der Waals surface area contributed by atoms with Gasteiger partial charge in [-0.05, 0) is 101 Å². The summed E-state index contributed by atoms with van der Waals surface area (Å²) in [4.78, 5) is 71.1. The molecule has 1 saturated heterocycles. The van der Waals surface area contributed by atoms with Crippen molar-refractivity contribution in [3.63, 3.8) is 0 Å². The molecule has 1 unspecified atom stereocenters. The van der Waals surface area contributed by atoms with E-state index in [-0.39, 0.29) is 47.5 Å². The van der Waals surface area contributed by atoms with Crippen molar-refractivity contribution in [2.75, 3.05) is 12.3 Å². The van der Waals surface area contributed by atoms with Gasteiger partial charge in [0.05, 0.1) is 22.1 Å². The molecule has 0 aromatic rings. The number of amides is 3. The first-order chi connectivity index (χ1) is 23.7. The van der Waals surface area contributed by atoms with Gasteiger partial charge in [0.2, 0.25) is 11.7 Å². The average molecular weight is 730 g/mol. The zero-order chi connectivity index (χ0) is 37.6. The van der Waals surface area contributed by atoms with Crippen LogP contribution in [-0.4, -0.2) is 77.3 Å². The molecule has 5 atom stereocenters. The summed E-state index contributed by atoms with van der Waals surface area (Å²) < 4.78 is 25.8. The number of nitrogens with one attached hydrogen (secondary N) is 2. The van der Waals surface area contributed by atoms with Gasteiger partial charge in [-0.15, -0.1) is 6.58 Å². The first kappa shape index (κ1) is 39.6. The highest BCUT2D eigenvalue weighted by Crippen LogP contribution is 2.66. The number of nitrogens with zero attached hydrogens (tertiary/aromatic N) is 1. The lowest BCUT2D eigenvalue weighted by Crippen LogP contribution is -2.63. The summed E-state index contributed by atoms with van der Waals surface area (Å²) in [5.74, 6) is -1.77. The van der Waals surface area contributed by atoms with E-state index in [1.54, 1.807) is 31.7 Å². The SMILES string of the molecule is C=CCCC(=O)C(=O)C(CC(=O)[C@@H]1[C@H]2CCC3(CC3)[C@H]2CN1C(=O)[C@@H](NC(=O)NC1(CS(=O)(=O)C(C)(C)C)CCCCC1)C(C)(C)C)CC1CC1.